The predicted molar refractivity (Wildman–Crippen MR) is 237 cm³/mol. The van der Waals surface area contributed by atoms with Gasteiger partial charge in [-0.2, -0.15) is 0 Å². The standard InChI is InChI=1S/C45H66ClN11O4/c46-34-8-6-32(7-9-34)38(52-44(60)45(48)16-24-56(25-17-45)42-37-10-18-49-41(37)50-31-51-42)15-21-53-26-28-55(29-27-53)39(58)30-54-19-11-35(12-20-54)61-36-13-22-57(23-14-36)43(59)40(47)33-4-2-1-3-5-33/h6-10,18,31,33,35-36,38,40H,1-5,11-17,19-30,47-48H2,(H,52,60)(H,49,50,51)/t38-,40+/m0/s1. The van der Waals surface area contributed by atoms with Gasteiger partial charge in [0.2, 0.25) is 17.7 Å². The van der Waals surface area contributed by atoms with Gasteiger partial charge in [-0.05, 0) is 87.5 Å². The van der Waals surface area contributed by atoms with Crippen molar-refractivity contribution in [2.24, 2.45) is 17.4 Å². The highest BCUT2D eigenvalue weighted by atomic mass is 35.5. The summed E-state index contributed by atoms with van der Waals surface area (Å²) < 4.78 is 6.54. The smallest absolute Gasteiger partial charge is 0.240 e. The van der Waals surface area contributed by atoms with E-state index in [0.29, 0.717) is 62.9 Å². The van der Waals surface area contributed by atoms with E-state index in [1.165, 1.54) is 19.3 Å². The SMILES string of the molecule is N[C@@H](C(=O)N1CCC(OC2CCN(CC(=O)N3CCN(CC[C@H](NC(=O)C4(N)CCN(c5ncnc6[nH]ccc56)CC4)c4ccc(Cl)cc4)CC3)CC2)CC1)C1CCCCC1. The summed E-state index contributed by atoms with van der Waals surface area (Å²) in [4.78, 5) is 63.3. The maximum absolute atomic E-state index is 13.9. The average molecular weight is 861 g/mol. The van der Waals surface area contributed by atoms with Crippen LogP contribution in [0.15, 0.2) is 42.9 Å². The van der Waals surface area contributed by atoms with E-state index in [2.05, 4.69) is 35.0 Å². The van der Waals surface area contributed by atoms with E-state index in [9.17, 15) is 14.4 Å². The lowest BCUT2D eigenvalue weighted by Crippen LogP contribution is -2.60. The zero-order valence-electron chi connectivity index (χ0n) is 35.7. The van der Waals surface area contributed by atoms with Crippen LogP contribution < -0.4 is 21.7 Å². The number of amides is 3. The van der Waals surface area contributed by atoms with Crippen LogP contribution in [0.3, 0.4) is 0 Å². The number of piperidine rings is 3. The first kappa shape index (κ1) is 43.8. The molecule has 0 radical (unpaired) electrons. The van der Waals surface area contributed by atoms with Crippen LogP contribution in [0.4, 0.5) is 5.82 Å². The largest absolute Gasteiger partial charge is 0.375 e. The quantitative estimate of drug-likeness (QED) is 0.197. The van der Waals surface area contributed by atoms with E-state index in [0.717, 1.165) is 107 Å². The number of carbonyl (C=O) groups is 3. The van der Waals surface area contributed by atoms with Crippen LogP contribution in [0.1, 0.15) is 88.7 Å². The Hall–Kier alpha value is -3.86. The molecule has 5 aliphatic rings. The van der Waals surface area contributed by atoms with Gasteiger partial charge in [-0.25, -0.2) is 9.97 Å². The van der Waals surface area contributed by atoms with Crippen molar-refractivity contribution in [3.8, 4) is 0 Å². The van der Waals surface area contributed by atoms with Crippen molar-refractivity contribution < 1.29 is 19.1 Å². The van der Waals surface area contributed by atoms with Gasteiger partial charge in [-0.15, -0.1) is 0 Å². The van der Waals surface area contributed by atoms with Crippen LogP contribution in [0.5, 0.6) is 0 Å². The molecule has 2 aromatic heterocycles. The van der Waals surface area contributed by atoms with Gasteiger partial charge in [0.05, 0.1) is 41.8 Å². The number of hydrogen-bond donors (Lipinski definition) is 4. The van der Waals surface area contributed by atoms with Gasteiger partial charge in [0.1, 0.15) is 17.8 Å². The summed E-state index contributed by atoms with van der Waals surface area (Å²) in [6.07, 6.45) is 14.9. The Morgan fingerprint density at radius 3 is 2.18 bits per heavy atom. The molecule has 16 heteroatoms. The van der Waals surface area contributed by atoms with Crippen molar-refractivity contribution in [2.45, 2.75) is 107 Å². The number of piperazine rings is 1. The van der Waals surface area contributed by atoms with E-state index in [1.54, 1.807) is 6.33 Å². The summed E-state index contributed by atoms with van der Waals surface area (Å²) in [5, 5.41) is 4.93. The second-order valence-corrected chi connectivity index (χ2v) is 18.7. The van der Waals surface area contributed by atoms with E-state index >= 15 is 0 Å². The van der Waals surface area contributed by atoms with Crippen LogP contribution in [0, 0.1) is 5.92 Å². The third-order valence-corrected chi connectivity index (χ3v) is 14.5. The number of fused-ring (bicyclic) bond motifs is 1. The molecule has 0 bridgehead atoms. The van der Waals surface area contributed by atoms with Crippen molar-refractivity contribution >= 4 is 46.2 Å². The highest BCUT2D eigenvalue weighted by molar-refractivity contribution is 6.30. The van der Waals surface area contributed by atoms with Gasteiger partial charge in [-0.1, -0.05) is 43.0 Å². The highest BCUT2D eigenvalue weighted by Crippen LogP contribution is 2.31. The lowest BCUT2D eigenvalue weighted by Gasteiger charge is -2.40. The molecule has 8 rings (SSSR count). The molecule has 6 heterocycles. The molecule has 0 unspecified atom stereocenters. The molecular formula is C45H66ClN11O4. The van der Waals surface area contributed by atoms with Gasteiger partial charge < -0.3 is 41.2 Å². The van der Waals surface area contributed by atoms with E-state index in [1.807, 2.05) is 46.3 Å². The maximum atomic E-state index is 13.9. The summed E-state index contributed by atoms with van der Waals surface area (Å²) in [7, 11) is 0. The lowest BCUT2D eigenvalue weighted by molar-refractivity contribution is -0.139. The van der Waals surface area contributed by atoms with Gasteiger partial charge in [0.25, 0.3) is 0 Å². The highest BCUT2D eigenvalue weighted by Gasteiger charge is 2.40. The second-order valence-electron chi connectivity index (χ2n) is 18.2. The number of halogens is 1. The molecule has 2 atom stereocenters. The molecule has 3 aromatic rings. The van der Waals surface area contributed by atoms with Crippen molar-refractivity contribution in [2.75, 3.05) is 83.4 Å². The molecule has 6 N–H and O–H groups in total. The molecule has 1 aliphatic carbocycles. The van der Waals surface area contributed by atoms with Gasteiger partial charge in [-0.3, -0.25) is 24.2 Å². The summed E-state index contributed by atoms with van der Waals surface area (Å²) in [6, 6.07) is 9.06. The van der Waals surface area contributed by atoms with Crippen LogP contribution in [0.2, 0.25) is 5.02 Å². The number of anilines is 1. The molecule has 4 saturated heterocycles. The minimum atomic E-state index is -0.997. The monoisotopic (exact) mass is 859 g/mol. The number of likely N-dealkylation sites (tertiary alicyclic amines) is 2. The number of nitrogens with one attached hydrogen (secondary N) is 2. The predicted octanol–water partition coefficient (Wildman–Crippen LogP) is 3.68. The fourth-order valence-corrected chi connectivity index (χ4v) is 10.3. The normalized spacial score (nSPS) is 22.6. The Morgan fingerprint density at radius 1 is 0.820 bits per heavy atom. The molecule has 1 saturated carbocycles. The zero-order chi connectivity index (χ0) is 42.3. The van der Waals surface area contributed by atoms with Crippen molar-refractivity contribution in [3.05, 3.63) is 53.4 Å². The van der Waals surface area contributed by atoms with Crippen LogP contribution in [-0.4, -0.2) is 155 Å². The number of ether oxygens (including phenoxy) is 1. The van der Waals surface area contributed by atoms with Crippen LogP contribution in [-0.2, 0) is 19.1 Å². The molecule has 1 aromatic carbocycles. The number of H-pyrrole nitrogens is 1. The third-order valence-electron chi connectivity index (χ3n) is 14.3. The van der Waals surface area contributed by atoms with Gasteiger partial charge >= 0.3 is 0 Å². The number of aromatic nitrogens is 3. The molecule has 5 fully saturated rings. The number of carbonyl (C=O) groups excluding carboxylic acids is 3. The van der Waals surface area contributed by atoms with Crippen molar-refractivity contribution in [1.82, 2.24) is 39.9 Å². The fraction of sp³-hybridized carbons (Fsp3) is 0.667. The molecule has 332 valence electrons. The van der Waals surface area contributed by atoms with E-state index in [4.69, 9.17) is 27.8 Å². The first-order valence-electron chi connectivity index (χ1n) is 22.9. The summed E-state index contributed by atoms with van der Waals surface area (Å²) in [5.41, 5.74) is 14.1. The first-order valence-corrected chi connectivity index (χ1v) is 23.3. The third kappa shape index (κ3) is 10.9. The molecule has 61 heavy (non-hydrogen) atoms. The molecule has 3 amide bonds. The Kier molecular flexibility index (Phi) is 14.4. The summed E-state index contributed by atoms with van der Waals surface area (Å²) in [5.74, 6) is 1.36. The maximum Gasteiger partial charge on any atom is 0.240 e. The molecule has 0 spiro atoms. The Balaban J connectivity index is 0.743. The number of nitrogens with zero attached hydrogens (tertiary/aromatic N) is 7. The first-order chi connectivity index (χ1) is 29.6. The molecule has 4 aliphatic heterocycles. The Morgan fingerprint density at radius 2 is 1.49 bits per heavy atom. The topological polar surface area (TPSA) is 182 Å². The number of nitrogens with two attached hydrogens (primary N) is 2. The summed E-state index contributed by atoms with van der Waals surface area (Å²) in [6.45, 7) is 8.54. The van der Waals surface area contributed by atoms with Crippen molar-refractivity contribution in [3.63, 3.8) is 0 Å². The van der Waals surface area contributed by atoms with Gasteiger partial charge in [0, 0.05) is 83.2 Å². The minimum Gasteiger partial charge on any atom is -0.375 e. The van der Waals surface area contributed by atoms with E-state index in [-0.39, 0.29) is 42.0 Å². The van der Waals surface area contributed by atoms with Crippen molar-refractivity contribution in [1.29, 1.82) is 0 Å². The Labute approximate surface area is 365 Å². The molecular weight excluding hydrogens is 794 g/mol. The molecule has 15 nitrogen and oxygen atoms in total. The number of hydrogen-bond acceptors (Lipinski definition) is 11. The number of benzene rings is 1. The lowest BCUT2D eigenvalue weighted by atomic mass is 9.83. The fourth-order valence-electron chi connectivity index (χ4n) is 10.2. The Bertz CT molecular complexity index is 1910. The van der Waals surface area contributed by atoms with Crippen LogP contribution >= 0.6 is 11.6 Å². The minimum absolute atomic E-state index is 0.126. The number of aromatic amines is 1. The van der Waals surface area contributed by atoms with Gasteiger partial charge in [0.15, 0.2) is 0 Å². The summed E-state index contributed by atoms with van der Waals surface area (Å²) >= 11 is 6.25. The van der Waals surface area contributed by atoms with E-state index < -0.39 is 5.54 Å². The average Bonchev–Trinajstić information content (AvgIpc) is 3.79. The number of rotatable bonds is 13. The second kappa shape index (κ2) is 20.1. The van der Waals surface area contributed by atoms with Crippen LogP contribution in [0.25, 0.3) is 11.0 Å². The zero-order valence-corrected chi connectivity index (χ0v) is 36.5.